The minimum atomic E-state index is -4.47. The van der Waals surface area contributed by atoms with E-state index in [1.165, 1.54) is 0 Å². The number of halogens is 3. The number of hydrogen-bond donors (Lipinski definition) is 1. The third-order valence-electron chi connectivity index (χ3n) is 6.40. The summed E-state index contributed by atoms with van der Waals surface area (Å²) >= 11 is 0. The highest BCUT2D eigenvalue weighted by molar-refractivity contribution is 6.25. The molecule has 0 radical (unpaired) electrons. The van der Waals surface area contributed by atoms with Gasteiger partial charge in [0.25, 0.3) is 0 Å². The van der Waals surface area contributed by atoms with Gasteiger partial charge in [-0.25, -0.2) is 0 Å². The van der Waals surface area contributed by atoms with Crippen LogP contribution in [-0.4, -0.2) is 17.5 Å². The van der Waals surface area contributed by atoms with E-state index in [0.29, 0.717) is 12.8 Å². The van der Waals surface area contributed by atoms with Crippen molar-refractivity contribution in [1.29, 1.82) is 0 Å². The van der Waals surface area contributed by atoms with Gasteiger partial charge in [-0.15, -0.1) is 0 Å². The van der Waals surface area contributed by atoms with Gasteiger partial charge in [0, 0.05) is 17.0 Å². The van der Waals surface area contributed by atoms with Crippen LogP contribution in [0.5, 0.6) is 0 Å². The van der Waals surface area contributed by atoms with Gasteiger partial charge in [-0.3, -0.25) is 14.4 Å². The molecule has 0 heterocycles. The fraction of sp³-hybridized carbons (Fsp3) is 0.526. The molecule has 1 aromatic rings. The van der Waals surface area contributed by atoms with E-state index in [2.05, 4.69) is 5.32 Å². The first kappa shape index (κ1) is 18.6. The summed E-state index contributed by atoms with van der Waals surface area (Å²) < 4.78 is 37.8. The molecule has 0 aromatic heterocycles. The number of anilines is 1. The van der Waals surface area contributed by atoms with Gasteiger partial charge in [0.2, 0.25) is 5.91 Å². The summed E-state index contributed by atoms with van der Waals surface area (Å²) in [6, 6.07) is 3.90. The number of carbonyl (C=O) groups excluding carboxylic acids is 3. The van der Waals surface area contributed by atoms with E-state index in [-0.39, 0.29) is 17.4 Å². The van der Waals surface area contributed by atoms with Gasteiger partial charge in [-0.2, -0.15) is 13.2 Å². The second-order valence-electron chi connectivity index (χ2n) is 7.91. The summed E-state index contributed by atoms with van der Waals surface area (Å²) in [4.78, 5) is 38.2. The lowest BCUT2D eigenvalue weighted by atomic mass is 9.55. The Morgan fingerprint density at radius 1 is 1.12 bits per heavy atom. The zero-order valence-corrected chi connectivity index (χ0v) is 14.7. The topological polar surface area (TPSA) is 63.2 Å². The second-order valence-corrected chi connectivity index (χ2v) is 7.91. The predicted molar refractivity (Wildman–Crippen MR) is 88.2 cm³/mol. The Morgan fingerprint density at radius 2 is 1.69 bits per heavy atom. The molecule has 2 aliphatic rings. The van der Waals surface area contributed by atoms with Gasteiger partial charge in [0.15, 0.2) is 17.5 Å². The molecular weight excluding hydrogens is 347 g/mol. The second kappa shape index (κ2) is 5.66. The zero-order chi connectivity index (χ0) is 19.5. The van der Waals surface area contributed by atoms with E-state index in [9.17, 15) is 27.6 Å². The molecule has 2 aliphatic carbocycles. The van der Waals surface area contributed by atoms with Crippen molar-refractivity contribution in [2.75, 3.05) is 5.32 Å². The Balaban J connectivity index is 1.83. The molecule has 3 atom stereocenters. The number of carbonyl (C=O) groups is 3. The van der Waals surface area contributed by atoms with Crippen LogP contribution in [0.15, 0.2) is 24.3 Å². The molecule has 2 bridgehead atoms. The molecule has 2 fully saturated rings. The summed E-state index contributed by atoms with van der Waals surface area (Å²) in [5, 5.41) is 2.42. The van der Waals surface area contributed by atoms with E-state index in [1.807, 2.05) is 13.8 Å². The van der Waals surface area contributed by atoms with Crippen molar-refractivity contribution in [1.82, 2.24) is 0 Å². The largest absolute Gasteiger partial charge is 0.416 e. The van der Waals surface area contributed by atoms with Gasteiger partial charge in [-0.05, 0) is 42.5 Å². The fourth-order valence-corrected chi connectivity index (χ4v) is 4.29. The lowest BCUT2D eigenvalue weighted by molar-refractivity contribution is -0.156. The monoisotopic (exact) mass is 367 g/mol. The molecule has 0 saturated heterocycles. The van der Waals surface area contributed by atoms with Crippen LogP contribution in [0.25, 0.3) is 0 Å². The first-order valence-electron chi connectivity index (χ1n) is 8.46. The number of nitrogens with one attached hydrogen (secondary N) is 1. The lowest BCUT2D eigenvalue weighted by Gasteiger charge is -2.46. The molecule has 3 rings (SSSR count). The molecule has 2 saturated carbocycles. The van der Waals surface area contributed by atoms with Crippen molar-refractivity contribution < 1.29 is 27.6 Å². The molecule has 1 aromatic carbocycles. The Bertz CT molecular complexity index is 782. The number of benzene rings is 1. The first-order chi connectivity index (χ1) is 11.9. The summed E-state index contributed by atoms with van der Waals surface area (Å²) in [5.41, 5.74) is -1.99. The third-order valence-corrected chi connectivity index (χ3v) is 6.40. The predicted octanol–water partition coefficient (Wildman–Crippen LogP) is 3.85. The molecule has 3 unspecified atom stereocenters. The number of ketones is 2. The van der Waals surface area contributed by atoms with Crippen LogP contribution in [-0.2, 0) is 20.6 Å². The Hall–Kier alpha value is -2.18. The van der Waals surface area contributed by atoms with Gasteiger partial charge in [0.05, 0.1) is 5.56 Å². The maximum absolute atomic E-state index is 12.9. The van der Waals surface area contributed by atoms with Crippen molar-refractivity contribution >= 4 is 23.2 Å². The number of rotatable bonds is 2. The zero-order valence-electron chi connectivity index (χ0n) is 14.7. The van der Waals surface area contributed by atoms with Crippen LogP contribution in [0, 0.1) is 22.7 Å². The van der Waals surface area contributed by atoms with Crippen molar-refractivity contribution in [3.63, 3.8) is 0 Å². The molecule has 140 valence electrons. The summed E-state index contributed by atoms with van der Waals surface area (Å²) in [6.45, 7) is 5.55. The van der Waals surface area contributed by atoms with Crippen molar-refractivity contribution in [3.05, 3.63) is 29.8 Å². The highest BCUT2D eigenvalue weighted by Gasteiger charge is 2.66. The van der Waals surface area contributed by atoms with E-state index in [1.54, 1.807) is 6.92 Å². The Morgan fingerprint density at radius 3 is 2.23 bits per heavy atom. The minimum Gasteiger partial charge on any atom is -0.325 e. The number of amides is 1. The SMILES string of the molecule is CC12CCC(C(=O)C(C(=O)Nc3ccc(C(F)(F)F)cc3)C1=O)C2(C)C. The average molecular weight is 367 g/mol. The highest BCUT2D eigenvalue weighted by atomic mass is 19.4. The summed E-state index contributed by atoms with van der Waals surface area (Å²) in [6.07, 6.45) is -3.35. The van der Waals surface area contributed by atoms with E-state index in [0.717, 1.165) is 24.3 Å². The highest BCUT2D eigenvalue weighted by Crippen LogP contribution is 2.61. The van der Waals surface area contributed by atoms with Gasteiger partial charge in [-0.1, -0.05) is 20.8 Å². The normalized spacial score (nSPS) is 30.4. The van der Waals surface area contributed by atoms with Crippen molar-refractivity contribution in [3.8, 4) is 0 Å². The van der Waals surface area contributed by atoms with Crippen LogP contribution in [0.1, 0.15) is 39.2 Å². The standard InChI is InChI=1S/C19H20F3NO3/c1-17(2)12-8-9-18(17,3)15(25)13(14(12)24)16(26)23-11-6-4-10(5-7-11)19(20,21)22/h4-7,12-13H,8-9H2,1-3H3,(H,23,26). The molecule has 1 N–H and O–H groups in total. The van der Waals surface area contributed by atoms with Crippen LogP contribution in [0.2, 0.25) is 0 Å². The number of hydrogen-bond acceptors (Lipinski definition) is 3. The van der Waals surface area contributed by atoms with Crippen molar-refractivity contribution in [2.45, 2.75) is 39.8 Å². The molecule has 0 spiro atoms. The minimum absolute atomic E-state index is 0.117. The smallest absolute Gasteiger partial charge is 0.325 e. The number of Topliss-reactive ketones (excluding diaryl/α,β-unsaturated/α-hetero) is 2. The average Bonchev–Trinajstić information content (AvgIpc) is 2.71. The van der Waals surface area contributed by atoms with Gasteiger partial charge >= 0.3 is 6.18 Å². The molecular formula is C19H20F3NO3. The lowest BCUT2D eigenvalue weighted by Crippen LogP contribution is -2.56. The van der Waals surface area contributed by atoms with Gasteiger partial charge in [0.1, 0.15) is 0 Å². The maximum Gasteiger partial charge on any atom is 0.416 e. The molecule has 1 amide bonds. The van der Waals surface area contributed by atoms with E-state index < -0.39 is 40.2 Å². The van der Waals surface area contributed by atoms with Crippen LogP contribution in [0.4, 0.5) is 18.9 Å². The molecule has 26 heavy (non-hydrogen) atoms. The Labute approximate surface area is 149 Å². The quantitative estimate of drug-likeness (QED) is 0.808. The third kappa shape index (κ3) is 2.56. The molecule has 4 nitrogen and oxygen atoms in total. The Kier molecular flexibility index (Phi) is 4.05. The van der Waals surface area contributed by atoms with E-state index in [4.69, 9.17) is 0 Å². The maximum atomic E-state index is 12.9. The van der Waals surface area contributed by atoms with Gasteiger partial charge < -0.3 is 5.32 Å². The molecule has 7 heteroatoms. The van der Waals surface area contributed by atoms with E-state index >= 15 is 0 Å². The first-order valence-corrected chi connectivity index (χ1v) is 8.46. The number of alkyl halides is 3. The molecule has 0 aliphatic heterocycles. The van der Waals surface area contributed by atoms with Crippen LogP contribution < -0.4 is 5.32 Å². The summed E-state index contributed by atoms with van der Waals surface area (Å²) in [7, 11) is 0. The van der Waals surface area contributed by atoms with Crippen molar-refractivity contribution in [2.24, 2.45) is 22.7 Å². The van der Waals surface area contributed by atoms with Crippen LogP contribution >= 0.6 is 0 Å². The number of fused-ring (bicyclic) bond motifs is 2. The van der Waals surface area contributed by atoms with Crippen LogP contribution in [0.3, 0.4) is 0 Å². The summed E-state index contributed by atoms with van der Waals surface area (Å²) in [5.74, 6) is -3.32. The fourth-order valence-electron chi connectivity index (χ4n) is 4.29.